The first-order valence-electron chi connectivity index (χ1n) is 9.79. The van der Waals surface area contributed by atoms with Gasteiger partial charge in [-0.05, 0) is 73.7 Å². The summed E-state index contributed by atoms with van der Waals surface area (Å²) in [5, 5.41) is 4.07. The number of hydrogen-bond acceptors (Lipinski definition) is 5. The van der Waals surface area contributed by atoms with E-state index in [1.54, 1.807) is 23.5 Å². The molecule has 7 heteroatoms. The van der Waals surface area contributed by atoms with Crippen molar-refractivity contribution in [2.75, 3.05) is 12.5 Å². The van der Waals surface area contributed by atoms with Crippen LogP contribution in [0.5, 0.6) is 0 Å². The van der Waals surface area contributed by atoms with Crippen molar-refractivity contribution in [2.45, 2.75) is 54.1 Å². The van der Waals surface area contributed by atoms with Gasteiger partial charge in [0.05, 0.1) is 12.1 Å². The molecule has 1 heterocycles. The second-order valence-electron chi connectivity index (χ2n) is 7.52. The zero-order valence-corrected chi connectivity index (χ0v) is 19.3. The lowest BCUT2D eigenvalue weighted by molar-refractivity contribution is -0.144. The molecule has 3 atom stereocenters. The third-order valence-electron chi connectivity index (χ3n) is 4.94. The molecule has 158 valence electrons. The van der Waals surface area contributed by atoms with E-state index in [4.69, 9.17) is 15.0 Å². The quantitative estimate of drug-likeness (QED) is 0.201. The molecule has 1 aliphatic rings. The smallest absolute Gasteiger partial charge is 0.164 e. The molecule has 2 aromatic rings. The first kappa shape index (κ1) is 22.8. The van der Waals surface area contributed by atoms with Crippen molar-refractivity contribution in [3.63, 3.8) is 0 Å². The monoisotopic (exact) mass is 441 g/mol. The standard InChI is InChI=1S/C23H27N3O2S2/c1-23(2)27-21(14-9-16-5-10-18(29-3)11-6-16)22(28-23)20(25-26-24)15-17-7-12-19(30-4)13-8-17/h5-14,20-22H,15H2,1-4H3/b14-9+/t20-,21+,22+/m1/s1. The molecule has 5 nitrogen and oxygen atoms in total. The summed E-state index contributed by atoms with van der Waals surface area (Å²) in [6.07, 6.45) is 8.08. The van der Waals surface area contributed by atoms with Gasteiger partial charge < -0.3 is 9.47 Å². The fourth-order valence-electron chi connectivity index (χ4n) is 3.48. The van der Waals surface area contributed by atoms with Crippen molar-refractivity contribution in [3.8, 4) is 0 Å². The minimum Gasteiger partial charge on any atom is -0.344 e. The molecule has 1 fully saturated rings. The average molecular weight is 442 g/mol. The highest BCUT2D eigenvalue weighted by Gasteiger charge is 2.43. The van der Waals surface area contributed by atoms with E-state index in [0.29, 0.717) is 6.42 Å². The van der Waals surface area contributed by atoms with Crippen LogP contribution in [-0.4, -0.2) is 36.5 Å². The Morgan fingerprint density at radius 1 is 1.03 bits per heavy atom. The molecule has 0 aliphatic carbocycles. The van der Waals surface area contributed by atoms with Crippen LogP contribution >= 0.6 is 23.5 Å². The van der Waals surface area contributed by atoms with Crippen molar-refractivity contribution >= 4 is 29.6 Å². The predicted molar refractivity (Wildman–Crippen MR) is 126 cm³/mol. The van der Waals surface area contributed by atoms with E-state index in [2.05, 4.69) is 71.1 Å². The fraction of sp³-hybridized carbons (Fsp3) is 0.391. The Bertz CT molecular complexity index is 907. The molecule has 3 rings (SSSR count). The van der Waals surface area contributed by atoms with Gasteiger partial charge in [-0.15, -0.1) is 23.5 Å². The van der Waals surface area contributed by atoms with Crippen LogP contribution in [-0.2, 0) is 15.9 Å². The Kier molecular flexibility index (Phi) is 7.92. The van der Waals surface area contributed by atoms with E-state index in [1.165, 1.54) is 9.79 Å². The SMILES string of the molecule is CSc1ccc(/C=C/[C@@H]2OC(C)(C)O[C@H]2[C@@H](Cc2ccc(SC)cc2)N=[N+]=[N-])cc1. The van der Waals surface area contributed by atoms with Gasteiger partial charge in [0.25, 0.3) is 0 Å². The lowest BCUT2D eigenvalue weighted by Crippen LogP contribution is -2.34. The number of ether oxygens (including phenoxy) is 2. The highest BCUT2D eigenvalue weighted by Crippen LogP contribution is 2.33. The van der Waals surface area contributed by atoms with E-state index >= 15 is 0 Å². The van der Waals surface area contributed by atoms with Crippen LogP contribution in [0.2, 0.25) is 0 Å². The second kappa shape index (κ2) is 10.4. The molecule has 0 aromatic heterocycles. The van der Waals surface area contributed by atoms with Gasteiger partial charge in [0.1, 0.15) is 6.10 Å². The third kappa shape index (κ3) is 6.06. The van der Waals surface area contributed by atoms with E-state index < -0.39 is 5.79 Å². The predicted octanol–water partition coefficient (Wildman–Crippen LogP) is 6.59. The summed E-state index contributed by atoms with van der Waals surface area (Å²) in [4.78, 5) is 5.52. The maximum absolute atomic E-state index is 9.17. The van der Waals surface area contributed by atoms with Crippen molar-refractivity contribution < 1.29 is 9.47 Å². The van der Waals surface area contributed by atoms with Crippen LogP contribution in [0.1, 0.15) is 25.0 Å². The molecule has 1 aliphatic heterocycles. The largest absolute Gasteiger partial charge is 0.344 e. The van der Waals surface area contributed by atoms with Crippen LogP contribution < -0.4 is 0 Å². The minimum absolute atomic E-state index is 0.304. The Labute approximate surface area is 186 Å². The van der Waals surface area contributed by atoms with Crippen LogP contribution in [0.3, 0.4) is 0 Å². The zero-order valence-electron chi connectivity index (χ0n) is 17.7. The molecule has 30 heavy (non-hydrogen) atoms. The molecule has 1 saturated heterocycles. The number of benzene rings is 2. The van der Waals surface area contributed by atoms with E-state index in [9.17, 15) is 0 Å². The number of nitrogens with zero attached hydrogens (tertiary/aromatic N) is 3. The van der Waals surface area contributed by atoms with Crippen molar-refractivity contribution in [3.05, 3.63) is 76.2 Å². The first-order chi connectivity index (χ1) is 14.4. The molecule has 0 unspecified atom stereocenters. The third-order valence-corrected chi connectivity index (χ3v) is 6.43. The highest BCUT2D eigenvalue weighted by molar-refractivity contribution is 7.98. The lowest BCUT2D eigenvalue weighted by atomic mass is 9.98. The molecular weight excluding hydrogens is 414 g/mol. The molecule has 0 bridgehead atoms. The Morgan fingerprint density at radius 2 is 1.63 bits per heavy atom. The number of rotatable bonds is 8. The topological polar surface area (TPSA) is 67.2 Å². The molecule has 2 aromatic carbocycles. The molecule has 0 spiro atoms. The van der Waals surface area contributed by atoms with E-state index in [0.717, 1.165) is 11.1 Å². The number of hydrogen-bond donors (Lipinski definition) is 0. The van der Waals surface area contributed by atoms with Crippen LogP contribution in [0, 0.1) is 0 Å². The van der Waals surface area contributed by atoms with Gasteiger partial charge >= 0.3 is 0 Å². The molecule has 0 saturated carbocycles. The molecule has 0 amide bonds. The summed E-state index contributed by atoms with van der Waals surface area (Å²) in [6.45, 7) is 3.78. The van der Waals surface area contributed by atoms with Gasteiger partial charge in [0.15, 0.2) is 5.79 Å². The molecular formula is C23H27N3O2S2. The van der Waals surface area contributed by atoms with Crippen LogP contribution in [0.15, 0.2) is 69.5 Å². The van der Waals surface area contributed by atoms with E-state index in [1.807, 2.05) is 26.0 Å². The van der Waals surface area contributed by atoms with Gasteiger partial charge in [-0.1, -0.05) is 41.5 Å². The number of azide groups is 1. The molecule has 0 radical (unpaired) electrons. The summed E-state index contributed by atoms with van der Waals surface area (Å²) >= 11 is 3.42. The normalized spacial score (nSPS) is 21.5. The minimum atomic E-state index is -0.742. The Morgan fingerprint density at radius 3 is 2.20 bits per heavy atom. The highest BCUT2D eigenvalue weighted by atomic mass is 32.2. The van der Waals surface area contributed by atoms with Crippen LogP contribution in [0.4, 0.5) is 0 Å². The van der Waals surface area contributed by atoms with Crippen molar-refractivity contribution in [1.82, 2.24) is 0 Å². The zero-order chi connectivity index (χ0) is 21.6. The lowest BCUT2D eigenvalue weighted by Gasteiger charge is -2.22. The number of thioether (sulfide) groups is 2. The van der Waals surface area contributed by atoms with Gasteiger partial charge in [-0.25, -0.2) is 0 Å². The van der Waals surface area contributed by atoms with Crippen molar-refractivity contribution in [1.29, 1.82) is 0 Å². The summed E-state index contributed by atoms with van der Waals surface area (Å²) in [7, 11) is 0. The molecule has 0 N–H and O–H groups in total. The average Bonchev–Trinajstić information content (AvgIpc) is 3.07. The maximum atomic E-state index is 9.17. The summed E-state index contributed by atoms with van der Waals surface area (Å²) in [5.41, 5.74) is 11.4. The van der Waals surface area contributed by atoms with Crippen LogP contribution in [0.25, 0.3) is 16.5 Å². The summed E-state index contributed by atoms with van der Waals surface area (Å²) in [6, 6.07) is 16.3. The van der Waals surface area contributed by atoms with Gasteiger partial charge in [0, 0.05) is 14.7 Å². The van der Waals surface area contributed by atoms with Gasteiger partial charge in [-0.2, -0.15) is 0 Å². The summed E-state index contributed by atoms with van der Waals surface area (Å²) in [5.74, 6) is -0.742. The van der Waals surface area contributed by atoms with Gasteiger partial charge in [-0.3, -0.25) is 0 Å². The first-order valence-corrected chi connectivity index (χ1v) is 12.2. The van der Waals surface area contributed by atoms with Gasteiger partial charge in [0.2, 0.25) is 0 Å². The Balaban J connectivity index is 1.80. The Hall–Kier alpha value is -1.89. The maximum Gasteiger partial charge on any atom is 0.164 e. The summed E-state index contributed by atoms with van der Waals surface area (Å²) < 4.78 is 12.3. The van der Waals surface area contributed by atoms with E-state index in [-0.39, 0.29) is 18.2 Å². The van der Waals surface area contributed by atoms with Crippen molar-refractivity contribution in [2.24, 2.45) is 5.11 Å². The fourth-order valence-corrected chi connectivity index (χ4v) is 4.29. The second-order valence-corrected chi connectivity index (χ2v) is 9.28.